The smallest absolute Gasteiger partial charge is 0.280 e. The van der Waals surface area contributed by atoms with Crippen molar-refractivity contribution in [3.63, 3.8) is 0 Å². The van der Waals surface area contributed by atoms with Crippen LogP contribution in [0.5, 0.6) is 0 Å². The minimum absolute atomic E-state index is 0.854. The molecule has 8 N–H and O–H groups in total. The third-order valence-electron chi connectivity index (χ3n) is 14.3. The van der Waals surface area contributed by atoms with Crippen LogP contribution in [0.15, 0.2) is 190 Å². The number of nitrogens with two attached hydrogens (primary N) is 2. The monoisotopic (exact) mass is 1040 g/mol. The van der Waals surface area contributed by atoms with E-state index in [0.717, 1.165) is 125 Å². The fraction of sp³-hybridized carbons (Fsp3) is 0.250. The molecular weight excluding hydrogens is 973 g/mol. The highest BCUT2D eigenvalue weighted by atomic mass is 32.2. The Bertz CT molecular complexity index is 3180. The summed E-state index contributed by atoms with van der Waals surface area (Å²) >= 11 is 3.66. The second-order valence-corrected chi connectivity index (χ2v) is 21.8. The Balaban J connectivity index is 0.652. The molecule has 0 atom stereocenters. The van der Waals surface area contributed by atoms with Crippen molar-refractivity contribution in [3.05, 3.63) is 191 Å². The summed E-state index contributed by atoms with van der Waals surface area (Å²) in [4.78, 5) is 14.1. The molecule has 0 unspecified atom stereocenters. The molecule has 2 aliphatic heterocycles. The maximum atomic E-state index is 6.44. The van der Waals surface area contributed by atoms with Gasteiger partial charge in [-0.2, -0.15) is 9.13 Å². The summed E-state index contributed by atoms with van der Waals surface area (Å²) in [5.74, 6) is 3.91. The van der Waals surface area contributed by atoms with Gasteiger partial charge in [0.05, 0.1) is 47.6 Å². The van der Waals surface area contributed by atoms with Crippen molar-refractivity contribution in [1.82, 2.24) is 0 Å². The van der Waals surface area contributed by atoms with Crippen LogP contribution >= 0.6 is 23.5 Å². The molecule has 12 heteroatoms. The lowest BCUT2D eigenvalue weighted by Gasteiger charge is -2.16. The van der Waals surface area contributed by atoms with Gasteiger partial charge in [-0.05, 0) is 135 Å². The van der Waals surface area contributed by atoms with Crippen molar-refractivity contribution in [1.29, 1.82) is 0 Å². The van der Waals surface area contributed by atoms with Crippen LogP contribution in [-0.4, -0.2) is 51.9 Å². The summed E-state index contributed by atoms with van der Waals surface area (Å²) in [7, 11) is 4.32. The minimum Gasteiger partial charge on any atom is -0.338 e. The fourth-order valence-corrected chi connectivity index (χ4v) is 12.4. The predicted octanol–water partition coefficient (Wildman–Crippen LogP) is 9.93. The van der Waals surface area contributed by atoms with E-state index in [2.05, 4.69) is 236 Å². The standard InChI is InChI=1S/C64H68N10S2/c1-71-55-33-15-17-35-57(55)75-63(71)45-47-43-61(73(49-25-7-3-8-26-49)53-31-13-11-29-51(47)53)69-41-23-5-21-39-67-59(65)37-19-20-38-60(66)68-40-22-6-24-42-70-62-44-48(46-64-72(2)56-34-16-18-36-58(56)76-64)52-30-12-14-32-54(52)74(62)50-27-9-4-10-28-50/h3-4,7-18,25-36,43-46H,5-6,19-24,37-42H2,1-2H3,(H4,65,66,67,68)/p+4. The van der Waals surface area contributed by atoms with Gasteiger partial charge in [0.2, 0.25) is 11.7 Å². The van der Waals surface area contributed by atoms with Gasteiger partial charge in [-0.1, -0.05) is 121 Å². The number of rotatable bonds is 23. The van der Waals surface area contributed by atoms with E-state index >= 15 is 0 Å². The van der Waals surface area contributed by atoms with Crippen LogP contribution in [0.4, 0.5) is 23.0 Å². The molecule has 2 aliphatic rings. The van der Waals surface area contributed by atoms with E-state index in [0.29, 0.717) is 0 Å². The first-order valence-electron chi connectivity index (χ1n) is 27.1. The first-order valence-corrected chi connectivity index (χ1v) is 28.7. The summed E-state index contributed by atoms with van der Waals surface area (Å²) < 4.78 is 4.71. The van der Waals surface area contributed by atoms with E-state index in [4.69, 9.17) is 11.5 Å². The van der Waals surface area contributed by atoms with Gasteiger partial charge in [-0.3, -0.25) is 32.1 Å². The van der Waals surface area contributed by atoms with Crippen molar-refractivity contribution in [2.24, 2.45) is 11.5 Å². The summed E-state index contributed by atoms with van der Waals surface area (Å²) in [6, 6.07) is 60.7. The Morgan fingerprint density at radius 3 is 1.30 bits per heavy atom. The third kappa shape index (κ3) is 12.4. The zero-order chi connectivity index (χ0) is 52.1. The van der Waals surface area contributed by atoms with Crippen LogP contribution in [0.25, 0.3) is 45.3 Å². The number of nitrogens with zero attached hydrogens (tertiary/aromatic N) is 4. The lowest BCUT2D eigenvalue weighted by atomic mass is 10.1. The van der Waals surface area contributed by atoms with Crippen LogP contribution in [0.1, 0.15) is 75.3 Å². The Labute approximate surface area is 457 Å². The number of hydrogen-bond donors (Lipinski definition) is 6. The van der Waals surface area contributed by atoms with E-state index in [1.54, 1.807) is 0 Å². The van der Waals surface area contributed by atoms with Crippen LogP contribution in [0.3, 0.4) is 0 Å². The van der Waals surface area contributed by atoms with E-state index in [1.165, 1.54) is 64.2 Å². The fourth-order valence-electron chi connectivity index (χ4n) is 10.2. The van der Waals surface area contributed by atoms with Crippen molar-refractivity contribution in [2.45, 2.75) is 74.0 Å². The summed E-state index contributed by atoms with van der Waals surface area (Å²) in [5, 5.41) is 12.5. The quantitative estimate of drug-likeness (QED) is 0.0162. The summed E-state index contributed by atoms with van der Waals surface area (Å²) in [6.07, 6.45) is 14.8. The van der Waals surface area contributed by atoms with Crippen molar-refractivity contribution in [3.8, 4) is 11.4 Å². The highest BCUT2D eigenvalue weighted by Gasteiger charge is 2.26. The zero-order valence-electron chi connectivity index (χ0n) is 44.0. The highest BCUT2D eigenvalue weighted by molar-refractivity contribution is 8.04. The maximum Gasteiger partial charge on any atom is 0.280 e. The molecule has 0 amide bonds. The Kier molecular flexibility index (Phi) is 17.3. The molecule has 0 fully saturated rings. The molecular formula is C64H72N10S2+4. The average molecular weight is 1050 g/mol. The molecule has 4 heterocycles. The van der Waals surface area contributed by atoms with Crippen molar-refractivity contribution >= 4 is 92.2 Å². The van der Waals surface area contributed by atoms with E-state index in [1.807, 2.05) is 23.5 Å². The number of pyridine rings is 2. The van der Waals surface area contributed by atoms with Gasteiger partial charge in [-0.15, -0.1) is 0 Å². The normalized spacial score (nSPS) is 14.6. The minimum atomic E-state index is 0.854. The van der Waals surface area contributed by atoms with Crippen LogP contribution in [-0.2, 0) is 0 Å². The molecule has 10 rings (SSSR count). The van der Waals surface area contributed by atoms with E-state index < -0.39 is 0 Å². The number of anilines is 4. The number of thioether (sulfide) groups is 2. The molecule has 2 aromatic heterocycles. The van der Waals surface area contributed by atoms with Gasteiger partial charge in [-0.25, -0.2) is 0 Å². The first-order chi connectivity index (χ1) is 37.4. The van der Waals surface area contributed by atoms with Crippen molar-refractivity contribution in [2.75, 3.05) is 60.7 Å². The molecule has 0 aliphatic carbocycles. The average Bonchev–Trinajstić information content (AvgIpc) is 4.01. The maximum absolute atomic E-state index is 6.44. The Morgan fingerprint density at radius 2 is 0.868 bits per heavy atom. The number of aromatic nitrogens is 2. The van der Waals surface area contributed by atoms with Gasteiger partial charge in [0.15, 0.2) is 0 Å². The number of amidine groups is 2. The molecule has 0 bridgehead atoms. The Morgan fingerprint density at radius 1 is 0.474 bits per heavy atom. The largest absolute Gasteiger partial charge is 0.338 e. The molecule has 8 aromatic rings. The molecule has 6 aromatic carbocycles. The number of fused-ring (bicyclic) bond motifs is 4. The van der Waals surface area contributed by atoms with Gasteiger partial charge in [0.25, 0.3) is 11.6 Å². The molecule has 10 nitrogen and oxygen atoms in total. The SMILES string of the molecule is CN1C(=Cc2cc(NCCCCC[NH+]=C(N)CCCCC(N)=[NH+]CCCCCNc3cc(C=C4Sc5ccccc5N4C)c4ccccc4[n+]3-c3ccccc3)[n+](-c3ccccc3)c3ccccc23)Sc2ccccc21. The topological polar surface area (TPSA) is 118 Å². The van der Waals surface area contributed by atoms with Gasteiger partial charge in [0.1, 0.15) is 22.4 Å². The zero-order valence-corrected chi connectivity index (χ0v) is 45.6. The van der Waals surface area contributed by atoms with Crippen LogP contribution in [0, 0.1) is 0 Å². The molecule has 386 valence electrons. The molecule has 0 saturated heterocycles. The number of benzene rings is 6. The lowest BCUT2D eigenvalue weighted by Crippen LogP contribution is -2.75. The van der Waals surface area contributed by atoms with E-state index in [9.17, 15) is 0 Å². The lowest BCUT2D eigenvalue weighted by molar-refractivity contribution is -0.552. The highest BCUT2D eigenvalue weighted by Crippen LogP contribution is 2.47. The van der Waals surface area contributed by atoms with Crippen LogP contribution in [0.2, 0.25) is 0 Å². The molecule has 0 radical (unpaired) electrons. The third-order valence-corrected chi connectivity index (χ3v) is 16.6. The van der Waals surface area contributed by atoms with Gasteiger partial charge in [0, 0.05) is 59.6 Å². The molecule has 0 spiro atoms. The number of nitrogens with one attached hydrogen (secondary N) is 4. The second-order valence-electron chi connectivity index (χ2n) is 19.7. The summed E-state index contributed by atoms with van der Waals surface area (Å²) in [5.41, 5.74) is 22.4. The van der Waals surface area contributed by atoms with Crippen LogP contribution < -0.4 is 51.0 Å². The van der Waals surface area contributed by atoms with Crippen molar-refractivity contribution < 1.29 is 19.1 Å². The molecule has 76 heavy (non-hydrogen) atoms. The number of unbranched alkanes of at least 4 members (excludes halogenated alkanes) is 5. The molecule has 0 saturated carbocycles. The van der Waals surface area contributed by atoms with Gasteiger partial charge >= 0.3 is 0 Å². The summed E-state index contributed by atoms with van der Waals surface area (Å²) in [6.45, 7) is 3.51. The van der Waals surface area contributed by atoms with E-state index in [-0.39, 0.29) is 0 Å². The first kappa shape index (κ1) is 51.9. The van der Waals surface area contributed by atoms with Gasteiger partial charge < -0.3 is 9.80 Å². The predicted molar refractivity (Wildman–Crippen MR) is 322 cm³/mol. The second kappa shape index (κ2) is 25.3. The number of para-hydroxylation sites is 6. The Hall–Kier alpha value is -7.54. The number of hydrogen-bond acceptors (Lipinski definition) is 6.